The fraction of sp³-hybridized carbons (Fsp3) is 0.412. The minimum Gasteiger partial charge on any atom is -0.497 e. The van der Waals surface area contributed by atoms with E-state index < -0.39 is 0 Å². The lowest BCUT2D eigenvalue weighted by Gasteiger charge is -2.05. The van der Waals surface area contributed by atoms with Gasteiger partial charge in [-0.2, -0.15) is 4.98 Å². The fourth-order valence-corrected chi connectivity index (χ4v) is 2.84. The molecule has 0 bridgehead atoms. The van der Waals surface area contributed by atoms with Crippen molar-refractivity contribution in [1.29, 1.82) is 0 Å². The highest BCUT2D eigenvalue weighted by atomic mass is 32.2. The van der Waals surface area contributed by atoms with E-state index in [1.54, 1.807) is 32.4 Å². The Morgan fingerprint density at radius 3 is 2.46 bits per heavy atom. The van der Waals surface area contributed by atoms with E-state index in [4.69, 9.17) is 18.4 Å². The molecule has 0 radical (unpaired) electrons. The zero-order chi connectivity index (χ0) is 18.5. The maximum atomic E-state index is 5.70. The second-order valence-electron chi connectivity index (χ2n) is 5.97. The van der Waals surface area contributed by atoms with Gasteiger partial charge in [-0.3, -0.25) is 0 Å². The Morgan fingerprint density at radius 1 is 1.08 bits per heavy atom. The van der Waals surface area contributed by atoms with Crippen molar-refractivity contribution in [2.45, 2.75) is 31.2 Å². The van der Waals surface area contributed by atoms with Crippen molar-refractivity contribution in [3.05, 3.63) is 29.9 Å². The number of rotatable bonds is 8. The number of hydrogen-bond acceptors (Lipinski definition) is 9. The smallest absolute Gasteiger partial charge is 0.277 e. The Morgan fingerprint density at radius 2 is 1.81 bits per heavy atom. The van der Waals surface area contributed by atoms with Gasteiger partial charge in [0.05, 0.1) is 20.0 Å². The molecular weight excluding hydrogens is 356 g/mol. The van der Waals surface area contributed by atoms with Crippen molar-refractivity contribution < 1.29 is 18.4 Å². The molecule has 2 heterocycles. The molecule has 0 saturated heterocycles. The number of aromatic nitrogens is 4. The first-order valence-electron chi connectivity index (χ1n) is 8.08. The molecule has 9 heteroatoms. The monoisotopic (exact) mass is 376 g/mol. The predicted octanol–water partition coefficient (Wildman–Crippen LogP) is 3.63. The molecule has 3 aromatic rings. The number of ether oxygens (including phenoxy) is 2. The molecule has 2 aromatic heterocycles. The first kappa shape index (κ1) is 18.2. The van der Waals surface area contributed by atoms with Crippen LogP contribution >= 0.6 is 11.8 Å². The van der Waals surface area contributed by atoms with E-state index in [2.05, 4.69) is 34.2 Å². The molecular formula is C17H20N4O4S. The van der Waals surface area contributed by atoms with Gasteiger partial charge in [-0.25, -0.2) is 0 Å². The largest absolute Gasteiger partial charge is 0.497 e. The normalized spacial score (nSPS) is 11.1. The summed E-state index contributed by atoms with van der Waals surface area (Å²) in [6.45, 7) is 4.22. The highest BCUT2D eigenvalue weighted by Crippen LogP contribution is 2.31. The second kappa shape index (κ2) is 8.22. The second-order valence-corrected chi connectivity index (χ2v) is 6.89. The van der Waals surface area contributed by atoms with E-state index in [9.17, 15) is 0 Å². The number of hydrogen-bond donors (Lipinski definition) is 0. The van der Waals surface area contributed by atoms with Crippen LogP contribution in [0.15, 0.2) is 32.4 Å². The first-order chi connectivity index (χ1) is 12.6. The number of methoxy groups -OCH3 is 2. The van der Waals surface area contributed by atoms with E-state index in [1.807, 2.05) is 0 Å². The van der Waals surface area contributed by atoms with E-state index in [1.165, 1.54) is 11.8 Å². The molecule has 0 unspecified atom stereocenters. The summed E-state index contributed by atoms with van der Waals surface area (Å²) in [6.07, 6.45) is 0.788. The van der Waals surface area contributed by atoms with Gasteiger partial charge in [0.2, 0.25) is 11.8 Å². The van der Waals surface area contributed by atoms with Gasteiger partial charge in [0, 0.05) is 18.1 Å². The number of nitrogens with zero attached hydrogens (tertiary/aromatic N) is 4. The van der Waals surface area contributed by atoms with Gasteiger partial charge in [0.15, 0.2) is 5.82 Å². The van der Waals surface area contributed by atoms with Crippen molar-refractivity contribution in [3.8, 4) is 23.0 Å². The highest BCUT2D eigenvalue weighted by Gasteiger charge is 2.14. The van der Waals surface area contributed by atoms with Gasteiger partial charge in [-0.15, -0.1) is 10.2 Å². The Kier molecular flexibility index (Phi) is 5.77. The highest BCUT2D eigenvalue weighted by molar-refractivity contribution is 7.98. The topological polar surface area (TPSA) is 96.3 Å². The summed E-state index contributed by atoms with van der Waals surface area (Å²) in [5.74, 6) is 3.88. The fourth-order valence-electron chi connectivity index (χ4n) is 2.24. The van der Waals surface area contributed by atoms with Crippen LogP contribution in [-0.2, 0) is 12.2 Å². The summed E-state index contributed by atoms with van der Waals surface area (Å²) in [6, 6.07) is 5.39. The Balaban J connectivity index is 1.67. The summed E-state index contributed by atoms with van der Waals surface area (Å²) >= 11 is 1.34. The molecule has 0 amide bonds. The molecule has 0 fully saturated rings. The molecule has 0 N–H and O–H groups in total. The Bertz CT molecular complexity index is 840. The van der Waals surface area contributed by atoms with Crippen LogP contribution in [0.3, 0.4) is 0 Å². The van der Waals surface area contributed by atoms with E-state index >= 15 is 0 Å². The van der Waals surface area contributed by atoms with Crippen LogP contribution in [-0.4, -0.2) is 34.6 Å². The summed E-state index contributed by atoms with van der Waals surface area (Å²) in [5.41, 5.74) is 0.720. The molecule has 0 aliphatic heterocycles. The van der Waals surface area contributed by atoms with E-state index in [-0.39, 0.29) is 0 Å². The number of benzene rings is 1. The average molecular weight is 376 g/mol. The molecule has 26 heavy (non-hydrogen) atoms. The Labute approximate surface area is 155 Å². The van der Waals surface area contributed by atoms with Crippen LogP contribution in [0.25, 0.3) is 11.5 Å². The maximum Gasteiger partial charge on any atom is 0.277 e. The van der Waals surface area contributed by atoms with Crippen molar-refractivity contribution in [2.24, 2.45) is 5.92 Å². The van der Waals surface area contributed by atoms with Gasteiger partial charge in [0.25, 0.3) is 5.22 Å². The lowest BCUT2D eigenvalue weighted by molar-refractivity contribution is 0.381. The SMILES string of the molecule is COc1cc(OC)cc(-c2nnc(SCc3nc(CC(C)C)no3)o2)c1. The van der Waals surface area contributed by atoms with Crippen molar-refractivity contribution in [2.75, 3.05) is 14.2 Å². The van der Waals surface area contributed by atoms with Crippen LogP contribution in [0.1, 0.15) is 25.6 Å². The molecule has 138 valence electrons. The quantitative estimate of drug-likeness (QED) is 0.546. The van der Waals surface area contributed by atoms with Gasteiger partial charge >= 0.3 is 0 Å². The van der Waals surface area contributed by atoms with Crippen LogP contribution < -0.4 is 9.47 Å². The van der Waals surface area contributed by atoms with Crippen LogP contribution in [0, 0.1) is 5.92 Å². The molecule has 8 nitrogen and oxygen atoms in total. The van der Waals surface area contributed by atoms with Crippen LogP contribution in [0.5, 0.6) is 11.5 Å². The van der Waals surface area contributed by atoms with Crippen molar-refractivity contribution >= 4 is 11.8 Å². The van der Waals surface area contributed by atoms with Gasteiger partial charge in [0.1, 0.15) is 11.5 Å². The van der Waals surface area contributed by atoms with Crippen LogP contribution in [0.4, 0.5) is 0 Å². The zero-order valence-electron chi connectivity index (χ0n) is 15.1. The van der Waals surface area contributed by atoms with E-state index in [0.717, 1.165) is 12.0 Å². The summed E-state index contributed by atoms with van der Waals surface area (Å²) in [7, 11) is 3.18. The molecule has 1 aromatic carbocycles. The number of thioether (sulfide) groups is 1. The lowest BCUT2D eigenvalue weighted by atomic mass is 10.1. The third kappa shape index (κ3) is 4.54. The van der Waals surface area contributed by atoms with Gasteiger partial charge in [-0.1, -0.05) is 30.8 Å². The van der Waals surface area contributed by atoms with Crippen molar-refractivity contribution in [3.63, 3.8) is 0 Å². The first-order valence-corrected chi connectivity index (χ1v) is 9.07. The molecule has 0 aliphatic carbocycles. The predicted molar refractivity (Wildman–Crippen MR) is 95.2 cm³/mol. The molecule has 0 spiro atoms. The third-order valence-corrected chi connectivity index (χ3v) is 4.23. The molecule has 3 rings (SSSR count). The van der Waals surface area contributed by atoms with Gasteiger partial charge in [-0.05, 0) is 18.1 Å². The minimum atomic E-state index is 0.385. The lowest BCUT2D eigenvalue weighted by Crippen LogP contribution is -1.96. The van der Waals surface area contributed by atoms with Crippen LogP contribution in [0.2, 0.25) is 0 Å². The summed E-state index contributed by atoms with van der Waals surface area (Å²) < 4.78 is 21.5. The maximum absolute atomic E-state index is 5.70. The van der Waals surface area contributed by atoms with Crippen molar-refractivity contribution in [1.82, 2.24) is 20.3 Å². The van der Waals surface area contributed by atoms with E-state index in [0.29, 0.717) is 46.0 Å². The molecule has 0 atom stereocenters. The summed E-state index contributed by atoms with van der Waals surface area (Å²) in [4.78, 5) is 4.35. The standard InChI is InChI=1S/C17H20N4O4S/c1-10(2)5-14-18-15(25-21-14)9-26-17-20-19-16(24-17)11-6-12(22-3)8-13(7-11)23-4/h6-8,10H,5,9H2,1-4H3. The minimum absolute atomic E-state index is 0.385. The summed E-state index contributed by atoms with van der Waals surface area (Å²) in [5, 5.41) is 12.5. The zero-order valence-corrected chi connectivity index (χ0v) is 15.9. The third-order valence-electron chi connectivity index (χ3n) is 3.42. The Hall–Kier alpha value is -2.55. The molecule has 0 saturated carbocycles. The molecule has 0 aliphatic rings. The van der Waals surface area contributed by atoms with Gasteiger partial charge < -0.3 is 18.4 Å². The average Bonchev–Trinajstić information content (AvgIpc) is 3.28.